The average Bonchev–Trinajstić information content (AvgIpc) is 2.88. The molecule has 0 aromatic heterocycles. The van der Waals surface area contributed by atoms with Crippen molar-refractivity contribution < 1.29 is 19.1 Å². The van der Waals surface area contributed by atoms with Gasteiger partial charge in [-0.2, -0.15) is 0 Å². The standard InChI is InChI=1S/C32H62O4/c1-5-9-11-19-23-27-35-31(33)26-22-18-16-14-13-15-17-21-25-29(7-3)30(8-4)32(34)36-28-24-20-12-10-6-2/h29-30H,5-28H2,1-4H3. The van der Waals surface area contributed by atoms with Gasteiger partial charge in [-0.05, 0) is 38.0 Å². The lowest BCUT2D eigenvalue weighted by atomic mass is 9.84. The van der Waals surface area contributed by atoms with Crippen LogP contribution in [0.5, 0.6) is 0 Å². The van der Waals surface area contributed by atoms with E-state index in [0.29, 0.717) is 25.6 Å². The van der Waals surface area contributed by atoms with Gasteiger partial charge in [-0.15, -0.1) is 0 Å². The van der Waals surface area contributed by atoms with Gasteiger partial charge in [-0.1, -0.05) is 130 Å². The van der Waals surface area contributed by atoms with E-state index in [9.17, 15) is 9.59 Å². The number of unbranched alkanes of at least 4 members (excludes halogenated alkanes) is 15. The van der Waals surface area contributed by atoms with E-state index >= 15 is 0 Å². The van der Waals surface area contributed by atoms with Gasteiger partial charge in [0.1, 0.15) is 0 Å². The third-order valence-electron chi connectivity index (χ3n) is 7.54. The predicted molar refractivity (Wildman–Crippen MR) is 153 cm³/mol. The van der Waals surface area contributed by atoms with Crippen LogP contribution < -0.4 is 0 Å². The van der Waals surface area contributed by atoms with Gasteiger partial charge in [0.25, 0.3) is 0 Å². The first-order chi connectivity index (χ1) is 17.6. The molecular weight excluding hydrogens is 448 g/mol. The maximum Gasteiger partial charge on any atom is 0.309 e. The van der Waals surface area contributed by atoms with E-state index in [2.05, 4.69) is 27.7 Å². The van der Waals surface area contributed by atoms with Crippen LogP contribution in [0.3, 0.4) is 0 Å². The Morgan fingerprint density at radius 2 is 1.00 bits per heavy atom. The lowest BCUT2D eigenvalue weighted by molar-refractivity contribution is -0.151. The first-order valence-corrected chi connectivity index (χ1v) is 15.9. The van der Waals surface area contributed by atoms with Crippen molar-refractivity contribution in [2.75, 3.05) is 13.2 Å². The molecule has 0 aromatic carbocycles. The summed E-state index contributed by atoms with van der Waals surface area (Å²) in [7, 11) is 0. The smallest absolute Gasteiger partial charge is 0.309 e. The van der Waals surface area contributed by atoms with Gasteiger partial charge >= 0.3 is 11.9 Å². The molecule has 0 amide bonds. The minimum atomic E-state index is -0.0165. The van der Waals surface area contributed by atoms with Gasteiger partial charge < -0.3 is 9.47 Å². The second-order valence-corrected chi connectivity index (χ2v) is 10.8. The molecule has 214 valence electrons. The van der Waals surface area contributed by atoms with Gasteiger partial charge in [0.2, 0.25) is 0 Å². The molecular formula is C32H62O4. The van der Waals surface area contributed by atoms with Gasteiger partial charge in [0, 0.05) is 6.42 Å². The number of ether oxygens (including phenoxy) is 2. The SMILES string of the molecule is CCCCCCCOC(=O)CCCCCCCCCCC(CC)C(CC)C(=O)OCCCCCCC. The molecule has 0 fully saturated rings. The molecule has 4 heteroatoms. The summed E-state index contributed by atoms with van der Waals surface area (Å²) in [6.45, 7) is 9.97. The molecule has 0 aromatic rings. The van der Waals surface area contributed by atoms with E-state index in [0.717, 1.165) is 44.9 Å². The minimum Gasteiger partial charge on any atom is -0.466 e. The molecule has 0 saturated heterocycles. The maximum absolute atomic E-state index is 12.6. The normalized spacial score (nSPS) is 12.9. The van der Waals surface area contributed by atoms with E-state index < -0.39 is 0 Å². The monoisotopic (exact) mass is 510 g/mol. The van der Waals surface area contributed by atoms with Crippen LogP contribution in [-0.2, 0) is 19.1 Å². The molecule has 0 bridgehead atoms. The molecule has 2 unspecified atom stereocenters. The number of rotatable bonds is 27. The summed E-state index contributed by atoms with van der Waals surface area (Å²) in [5.41, 5.74) is 0. The number of carbonyl (C=O) groups is 2. The summed E-state index contributed by atoms with van der Waals surface area (Å²) < 4.78 is 11.0. The van der Waals surface area contributed by atoms with Crippen molar-refractivity contribution in [1.29, 1.82) is 0 Å². The Morgan fingerprint density at radius 1 is 0.528 bits per heavy atom. The van der Waals surface area contributed by atoms with Crippen LogP contribution in [0, 0.1) is 11.8 Å². The van der Waals surface area contributed by atoms with E-state index in [4.69, 9.17) is 9.47 Å². The fraction of sp³-hybridized carbons (Fsp3) is 0.938. The Labute approximate surface area is 225 Å². The largest absolute Gasteiger partial charge is 0.466 e. The maximum atomic E-state index is 12.6. The van der Waals surface area contributed by atoms with Crippen molar-refractivity contribution in [2.45, 2.75) is 169 Å². The number of hydrogen-bond acceptors (Lipinski definition) is 4. The van der Waals surface area contributed by atoms with Crippen LogP contribution in [0.1, 0.15) is 169 Å². The van der Waals surface area contributed by atoms with Gasteiger partial charge in [0.05, 0.1) is 19.1 Å². The second-order valence-electron chi connectivity index (χ2n) is 10.8. The van der Waals surface area contributed by atoms with Crippen LogP contribution >= 0.6 is 0 Å². The van der Waals surface area contributed by atoms with E-state index in [-0.39, 0.29) is 17.9 Å². The number of carbonyl (C=O) groups excluding carboxylic acids is 2. The van der Waals surface area contributed by atoms with Crippen molar-refractivity contribution in [3.05, 3.63) is 0 Å². The van der Waals surface area contributed by atoms with E-state index in [1.54, 1.807) is 0 Å². The van der Waals surface area contributed by atoms with Crippen molar-refractivity contribution in [3.63, 3.8) is 0 Å². The number of esters is 2. The topological polar surface area (TPSA) is 52.6 Å². The lowest BCUT2D eigenvalue weighted by Crippen LogP contribution is -2.25. The highest BCUT2D eigenvalue weighted by Crippen LogP contribution is 2.27. The highest BCUT2D eigenvalue weighted by atomic mass is 16.5. The quantitative estimate of drug-likeness (QED) is 0.0814. The third kappa shape index (κ3) is 21.1. The molecule has 2 atom stereocenters. The Morgan fingerprint density at radius 3 is 1.53 bits per heavy atom. The summed E-state index contributed by atoms with van der Waals surface area (Å²) in [4.78, 5) is 24.4. The van der Waals surface area contributed by atoms with Gasteiger partial charge in [0.15, 0.2) is 0 Å². The molecule has 0 radical (unpaired) electrons. The molecule has 0 heterocycles. The zero-order valence-electron chi connectivity index (χ0n) is 24.8. The average molecular weight is 511 g/mol. The predicted octanol–water partition coefficient (Wildman–Crippen LogP) is 9.97. The Bertz CT molecular complexity index is 491. The summed E-state index contributed by atoms with van der Waals surface area (Å²) in [5, 5.41) is 0. The summed E-state index contributed by atoms with van der Waals surface area (Å²) in [6.07, 6.45) is 25.1. The first kappa shape index (κ1) is 34.9. The molecule has 0 aliphatic rings. The second kappa shape index (κ2) is 27.0. The molecule has 0 rings (SSSR count). The molecule has 0 aliphatic carbocycles. The van der Waals surface area contributed by atoms with Crippen molar-refractivity contribution in [1.82, 2.24) is 0 Å². The highest BCUT2D eigenvalue weighted by molar-refractivity contribution is 5.72. The Kier molecular flexibility index (Phi) is 26.2. The summed E-state index contributed by atoms with van der Waals surface area (Å²) in [5.74, 6) is 0.546. The van der Waals surface area contributed by atoms with E-state index in [1.165, 1.54) is 89.9 Å². The van der Waals surface area contributed by atoms with Crippen LogP contribution in [0.2, 0.25) is 0 Å². The van der Waals surface area contributed by atoms with Crippen LogP contribution in [0.4, 0.5) is 0 Å². The van der Waals surface area contributed by atoms with Gasteiger partial charge in [-0.3, -0.25) is 9.59 Å². The van der Waals surface area contributed by atoms with Crippen LogP contribution in [0.25, 0.3) is 0 Å². The molecule has 0 spiro atoms. The summed E-state index contributed by atoms with van der Waals surface area (Å²) in [6, 6.07) is 0. The minimum absolute atomic E-state index is 0.0165. The molecule has 0 N–H and O–H groups in total. The highest BCUT2D eigenvalue weighted by Gasteiger charge is 2.26. The number of hydrogen-bond donors (Lipinski definition) is 0. The van der Waals surface area contributed by atoms with E-state index in [1.807, 2.05) is 0 Å². The molecule has 4 nitrogen and oxygen atoms in total. The third-order valence-corrected chi connectivity index (χ3v) is 7.54. The van der Waals surface area contributed by atoms with Crippen molar-refractivity contribution in [2.24, 2.45) is 11.8 Å². The van der Waals surface area contributed by atoms with Gasteiger partial charge in [-0.25, -0.2) is 0 Å². The Balaban J connectivity index is 3.71. The molecule has 0 saturated carbocycles. The first-order valence-electron chi connectivity index (χ1n) is 15.9. The molecule has 36 heavy (non-hydrogen) atoms. The fourth-order valence-corrected chi connectivity index (χ4v) is 5.07. The van der Waals surface area contributed by atoms with Crippen molar-refractivity contribution in [3.8, 4) is 0 Å². The zero-order chi connectivity index (χ0) is 26.7. The lowest BCUT2D eigenvalue weighted by Gasteiger charge is -2.23. The molecule has 0 aliphatic heterocycles. The summed E-state index contributed by atoms with van der Waals surface area (Å²) >= 11 is 0. The van der Waals surface area contributed by atoms with Crippen LogP contribution in [-0.4, -0.2) is 25.2 Å². The van der Waals surface area contributed by atoms with Crippen LogP contribution in [0.15, 0.2) is 0 Å². The van der Waals surface area contributed by atoms with Crippen molar-refractivity contribution >= 4 is 11.9 Å². The zero-order valence-corrected chi connectivity index (χ0v) is 24.8. The fourth-order valence-electron chi connectivity index (χ4n) is 5.07. The Hall–Kier alpha value is -1.06.